The number of carbonyl (C=O) groups is 1. The van der Waals surface area contributed by atoms with E-state index in [1.807, 2.05) is 11.0 Å². The van der Waals surface area contributed by atoms with Crippen molar-refractivity contribution in [3.63, 3.8) is 0 Å². The summed E-state index contributed by atoms with van der Waals surface area (Å²) in [6, 6.07) is 5.30. The van der Waals surface area contributed by atoms with Crippen LogP contribution in [0.3, 0.4) is 0 Å². The van der Waals surface area contributed by atoms with Crippen molar-refractivity contribution in [2.45, 2.75) is 6.42 Å². The van der Waals surface area contributed by atoms with Gasteiger partial charge < -0.3 is 10.6 Å². The molecular formula is C12H13BrN2O. The molecule has 3 nitrogen and oxygen atoms in total. The summed E-state index contributed by atoms with van der Waals surface area (Å²) in [7, 11) is 0. The normalized spacial score (nSPS) is 15.2. The summed E-state index contributed by atoms with van der Waals surface area (Å²) in [6.45, 7) is 1.47. The molecule has 1 aromatic carbocycles. The van der Waals surface area contributed by atoms with Crippen molar-refractivity contribution < 1.29 is 4.79 Å². The Morgan fingerprint density at radius 3 is 2.75 bits per heavy atom. The number of amides is 1. The molecule has 84 valence electrons. The summed E-state index contributed by atoms with van der Waals surface area (Å²) in [4.78, 5) is 13.9. The van der Waals surface area contributed by atoms with Gasteiger partial charge in [-0.25, -0.2) is 0 Å². The van der Waals surface area contributed by atoms with Gasteiger partial charge in [0, 0.05) is 28.8 Å². The highest BCUT2D eigenvalue weighted by atomic mass is 79.9. The van der Waals surface area contributed by atoms with Crippen molar-refractivity contribution in [1.82, 2.24) is 4.90 Å². The molecule has 1 amide bonds. The average Bonchev–Trinajstić information content (AvgIpc) is 2.28. The first kappa shape index (κ1) is 11.2. The minimum absolute atomic E-state index is 0.0392. The van der Waals surface area contributed by atoms with Crippen LogP contribution in [0.5, 0.6) is 0 Å². The van der Waals surface area contributed by atoms with Crippen LogP contribution in [0.4, 0.5) is 5.69 Å². The number of benzene rings is 1. The highest BCUT2D eigenvalue weighted by Crippen LogP contribution is 2.19. The van der Waals surface area contributed by atoms with Crippen LogP contribution >= 0.6 is 15.9 Å². The second-order valence-corrected chi connectivity index (χ2v) is 4.70. The molecule has 1 heterocycles. The van der Waals surface area contributed by atoms with Gasteiger partial charge in [0.2, 0.25) is 0 Å². The first-order valence-electron chi connectivity index (χ1n) is 5.17. The zero-order valence-electron chi connectivity index (χ0n) is 8.82. The Morgan fingerprint density at radius 1 is 1.31 bits per heavy atom. The summed E-state index contributed by atoms with van der Waals surface area (Å²) >= 11 is 3.34. The number of nitrogens with two attached hydrogens (primary N) is 1. The van der Waals surface area contributed by atoms with Gasteiger partial charge in [0.25, 0.3) is 5.91 Å². The molecule has 1 aromatic rings. The molecule has 0 aliphatic carbocycles. The van der Waals surface area contributed by atoms with E-state index in [1.54, 1.807) is 18.2 Å². The van der Waals surface area contributed by atoms with Crippen LogP contribution in [0.2, 0.25) is 0 Å². The molecule has 0 unspecified atom stereocenters. The standard InChI is InChI=1S/C12H13BrN2O/c13-10-6-9(7-11(14)8-10)12(16)15-4-2-1-3-5-15/h1-2,6-8H,3-5,14H2. The highest BCUT2D eigenvalue weighted by Gasteiger charge is 2.16. The second-order valence-electron chi connectivity index (χ2n) is 3.78. The van der Waals surface area contributed by atoms with Gasteiger partial charge in [-0.3, -0.25) is 4.79 Å². The number of rotatable bonds is 1. The topological polar surface area (TPSA) is 46.3 Å². The maximum atomic E-state index is 12.1. The number of halogens is 1. The number of hydrogen-bond donors (Lipinski definition) is 1. The molecule has 0 spiro atoms. The largest absolute Gasteiger partial charge is 0.399 e. The van der Waals surface area contributed by atoms with Crippen molar-refractivity contribution in [2.24, 2.45) is 0 Å². The minimum Gasteiger partial charge on any atom is -0.399 e. The van der Waals surface area contributed by atoms with E-state index in [0.29, 0.717) is 17.8 Å². The fourth-order valence-corrected chi connectivity index (χ4v) is 2.26. The average molecular weight is 281 g/mol. The molecule has 1 aliphatic rings. The molecule has 2 rings (SSSR count). The molecule has 0 atom stereocenters. The molecule has 0 radical (unpaired) electrons. The monoisotopic (exact) mass is 280 g/mol. The van der Waals surface area contributed by atoms with E-state index in [0.717, 1.165) is 17.4 Å². The Bertz CT molecular complexity index is 422. The van der Waals surface area contributed by atoms with E-state index in [1.165, 1.54) is 0 Å². The maximum absolute atomic E-state index is 12.1. The van der Waals surface area contributed by atoms with Crippen LogP contribution in [-0.4, -0.2) is 23.9 Å². The van der Waals surface area contributed by atoms with Crippen molar-refractivity contribution in [2.75, 3.05) is 18.8 Å². The predicted octanol–water partition coefficient (Wildman–Crippen LogP) is 2.43. The van der Waals surface area contributed by atoms with Gasteiger partial charge in [0.05, 0.1) is 0 Å². The molecule has 0 bridgehead atoms. The lowest BCUT2D eigenvalue weighted by Gasteiger charge is -2.23. The smallest absolute Gasteiger partial charge is 0.254 e. The van der Waals surface area contributed by atoms with Gasteiger partial charge in [-0.05, 0) is 24.6 Å². The third-order valence-corrected chi connectivity index (χ3v) is 2.97. The Kier molecular flexibility index (Phi) is 3.29. The van der Waals surface area contributed by atoms with Gasteiger partial charge in [-0.1, -0.05) is 28.1 Å². The predicted molar refractivity (Wildman–Crippen MR) is 68.2 cm³/mol. The molecule has 16 heavy (non-hydrogen) atoms. The van der Waals surface area contributed by atoms with Gasteiger partial charge >= 0.3 is 0 Å². The fourth-order valence-electron chi connectivity index (χ4n) is 1.74. The maximum Gasteiger partial charge on any atom is 0.254 e. The van der Waals surface area contributed by atoms with Crippen LogP contribution in [0, 0.1) is 0 Å². The number of hydrogen-bond acceptors (Lipinski definition) is 2. The third-order valence-electron chi connectivity index (χ3n) is 2.51. The molecule has 2 N–H and O–H groups in total. The molecule has 1 aliphatic heterocycles. The quantitative estimate of drug-likeness (QED) is 0.634. The van der Waals surface area contributed by atoms with Crippen molar-refractivity contribution in [1.29, 1.82) is 0 Å². The zero-order valence-corrected chi connectivity index (χ0v) is 10.4. The van der Waals surface area contributed by atoms with E-state index in [4.69, 9.17) is 5.73 Å². The molecule has 4 heteroatoms. The first-order chi connectivity index (χ1) is 7.66. The molecular weight excluding hydrogens is 268 g/mol. The van der Waals surface area contributed by atoms with Crippen LogP contribution in [0.25, 0.3) is 0 Å². The number of nitrogens with zero attached hydrogens (tertiary/aromatic N) is 1. The van der Waals surface area contributed by atoms with Crippen LogP contribution in [0.15, 0.2) is 34.8 Å². The van der Waals surface area contributed by atoms with Crippen molar-refractivity contribution in [3.05, 3.63) is 40.4 Å². The number of nitrogen functional groups attached to an aromatic ring is 1. The number of carbonyl (C=O) groups excluding carboxylic acids is 1. The van der Waals surface area contributed by atoms with E-state index in [2.05, 4.69) is 22.0 Å². The summed E-state index contributed by atoms with van der Waals surface area (Å²) in [5, 5.41) is 0. The minimum atomic E-state index is 0.0392. The lowest BCUT2D eigenvalue weighted by Crippen LogP contribution is -2.33. The first-order valence-corrected chi connectivity index (χ1v) is 5.96. The van der Waals surface area contributed by atoms with Crippen LogP contribution < -0.4 is 5.73 Å². The van der Waals surface area contributed by atoms with E-state index >= 15 is 0 Å². The van der Waals surface area contributed by atoms with Crippen LogP contribution in [0.1, 0.15) is 16.8 Å². The lowest BCUT2D eigenvalue weighted by molar-refractivity contribution is 0.0771. The van der Waals surface area contributed by atoms with E-state index in [9.17, 15) is 4.79 Å². The van der Waals surface area contributed by atoms with Gasteiger partial charge in [0.1, 0.15) is 0 Å². The summed E-state index contributed by atoms with van der Waals surface area (Å²) in [5.41, 5.74) is 6.96. The molecule has 0 aromatic heterocycles. The van der Waals surface area contributed by atoms with Gasteiger partial charge in [-0.15, -0.1) is 0 Å². The summed E-state index contributed by atoms with van der Waals surface area (Å²) < 4.78 is 0.836. The van der Waals surface area contributed by atoms with E-state index < -0.39 is 0 Å². The summed E-state index contributed by atoms with van der Waals surface area (Å²) in [5.74, 6) is 0.0392. The molecule has 0 saturated carbocycles. The molecule has 0 saturated heterocycles. The van der Waals surface area contributed by atoms with Crippen molar-refractivity contribution >= 4 is 27.5 Å². The van der Waals surface area contributed by atoms with E-state index in [-0.39, 0.29) is 5.91 Å². The summed E-state index contributed by atoms with van der Waals surface area (Å²) in [6.07, 6.45) is 5.04. The molecule has 0 fully saturated rings. The second kappa shape index (κ2) is 4.70. The Labute approximate surface area is 103 Å². The van der Waals surface area contributed by atoms with Crippen molar-refractivity contribution in [3.8, 4) is 0 Å². The lowest BCUT2D eigenvalue weighted by atomic mass is 10.1. The fraction of sp³-hybridized carbons (Fsp3) is 0.250. The Morgan fingerprint density at radius 2 is 2.12 bits per heavy atom. The van der Waals surface area contributed by atoms with Gasteiger partial charge in [0.15, 0.2) is 0 Å². The Balaban J connectivity index is 2.23. The zero-order chi connectivity index (χ0) is 11.5. The number of anilines is 1. The third kappa shape index (κ3) is 2.44. The highest BCUT2D eigenvalue weighted by molar-refractivity contribution is 9.10. The van der Waals surface area contributed by atoms with Gasteiger partial charge in [-0.2, -0.15) is 0 Å². The Hall–Kier alpha value is -1.29. The SMILES string of the molecule is Nc1cc(Br)cc(C(=O)N2CC=CCC2)c1. The van der Waals surface area contributed by atoms with Crippen LogP contribution in [-0.2, 0) is 0 Å².